The minimum absolute atomic E-state index is 0.00689. The summed E-state index contributed by atoms with van der Waals surface area (Å²) in [6.07, 6.45) is 0. The van der Waals surface area contributed by atoms with Gasteiger partial charge in [-0.2, -0.15) is 0 Å². The van der Waals surface area contributed by atoms with Gasteiger partial charge in [0.25, 0.3) is 5.91 Å². The summed E-state index contributed by atoms with van der Waals surface area (Å²) >= 11 is 11.5. The summed E-state index contributed by atoms with van der Waals surface area (Å²) < 4.78 is 0. The molecule has 0 fully saturated rings. The molecule has 0 aliphatic rings. The van der Waals surface area contributed by atoms with E-state index in [0.29, 0.717) is 5.69 Å². The van der Waals surface area contributed by atoms with Gasteiger partial charge in [-0.25, -0.2) is 0 Å². The number of amides is 1. The van der Waals surface area contributed by atoms with E-state index in [1.54, 1.807) is 0 Å². The molecule has 21 heavy (non-hydrogen) atoms. The highest BCUT2D eigenvalue weighted by Gasteiger charge is 2.22. The molecule has 3 N–H and O–H groups in total. The van der Waals surface area contributed by atoms with Crippen molar-refractivity contribution in [2.75, 3.05) is 11.4 Å². The molecule has 1 heterocycles. The molecule has 2 rings (SSSR count). The fourth-order valence-corrected chi connectivity index (χ4v) is 2.03. The van der Waals surface area contributed by atoms with Gasteiger partial charge in [0, 0.05) is 5.69 Å². The second kappa shape index (κ2) is 6.07. The molecular weight excluding hydrogens is 319 g/mol. The number of aromatic amines is 1. The fourth-order valence-electron chi connectivity index (χ4n) is 1.71. The number of hydrogen-bond donors (Lipinski definition) is 3. The summed E-state index contributed by atoms with van der Waals surface area (Å²) in [5, 5.41) is 18.5. The van der Waals surface area contributed by atoms with Gasteiger partial charge in [-0.1, -0.05) is 23.2 Å². The van der Waals surface area contributed by atoms with Crippen molar-refractivity contribution in [2.45, 2.75) is 0 Å². The predicted molar refractivity (Wildman–Crippen MR) is 78.2 cm³/mol. The van der Waals surface area contributed by atoms with Crippen LogP contribution in [0.3, 0.4) is 0 Å². The van der Waals surface area contributed by atoms with Crippen LogP contribution in [0.4, 0.5) is 5.69 Å². The Kier molecular flexibility index (Phi) is 4.40. The molecule has 0 unspecified atom stereocenters. The summed E-state index contributed by atoms with van der Waals surface area (Å²) in [4.78, 5) is 26.9. The molecule has 0 atom stereocenters. The standard InChI is InChI=1S/C13H10Cl2N2O4/c14-9-5-10(16-12(9)15)13(21)17(6-11(19)20)7-1-3-8(18)4-2-7/h1-5,16,18H,6H2,(H,19,20). The summed E-state index contributed by atoms with van der Waals surface area (Å²) in [6.45, 7) is -0.544. The number of rotatable bonds is 4. The first-order valence-electron chi connectivity index (χ1n) is 5.75. The highest BCUT2D eigenvalue weighted by molar-refractivity contribution is 6.41. The second-order valence-electron chi connectivity index (χ2n) is 4.15. The Balaban J connectivity index is 2.37. The molecule has 2 aromatic rings. The van der Waals surface area contributed by atoms with E-state index in [1.807, 2.05) is 0 Å². The number of phenolic OH excluding ortho intramolecular Hbond substituents is 1. The Morgan fingerprint density at radius 2 is 1.81 bits per heavy atom. The van der Waals surface area contributed by atoms with Gasteiger partial charge in [0.2, 0.25) is 0 Å². The lowest BCUT2D eigenvalue weighted by Gasteiger charge is -2.20. The smallest absolute Gasteiger partial charge is 0.323 e. The van der Waals surface area contributed by atoms with E-state index in [1.165, 1.54) is 30.3 Å². The predicted octanol–water partition coefficient (Wildman–Crippen LogP) is 2.76. The SMILES string of the molecule is O=C(O)CN(C(=O)c1cc(Cl)c(Cl)[nH]1)c1ccc(O)cc1. The number of benzene rings is 1. The Hall–Kier alpha value is -2.18. The van der Waals surface area contributed by atoms with E-state index >= 15 is 0 Å². The summed E-state index contributed by atoms with van der Waals surface area (Å²) in [5.74, 6) is -1.77. The Bertz CT molecular complexity index is 662. The van der Waals surface area contributed by atoms with Crippen LogP contribution in [0.15, 0.2) is 30.3 Å². The molecule has 0 bridgehead atoms. The van der Waals surface area contributed by atoms with E-state index < -0.39 is 18.4 Å². The van der Waals surface area contributed by atoms with Crippen LogP contribution in [-0.2, 0) is 4.79 Å². The summed E-state index contributed by atoms with van der Waals surface area (Å²) in [5.41, 5.74) is 0.390. The van der Waals surface area contributed by atoms with Crippen LogP contribution in [0.5, 0.6) is 5.75 Å². The first-order valence-corrected chi connectivity index (χ1v) is 6.51. The number of anilines is 1. The number of carboxylic acid groups (broad SMARTS) is 1. The maximum Gasteiger partial charge on any atom is 0.323 e. The number of carbonyl (C=O) groups is 2. The van der Waals surface area contributed by atoms with Gasteiger partial charge in [-0.15, -0.1) is 0 Å². The van der Waals surface area contributed by atoms with E-state index in [4.69, 9.17) is 28.3 Å². The van der Waals surface area contributed by atoms with Crippen LogP contribution >= 0.6 is 23.2 Å². The van der Waals surface area contributed by atoms with Gasteiger partial charge in [0.1, 0.15) is 23.1 Å². The highest BCUT2D eigenvalue weighted by atomic mass is 35.5. The number of carboxylic acids is 1. The Morgan fingerprint density at radius 1 is 1.19 bits per heavy atom. The number of hydrogen-bond acceptors (Lipinski definition) is 3. The van der Waals surface area contributed by atoms with Crippen LogP contribution < -0.4 is 4.90 Å². The van der Waals surface area contributed by atoms with Crippen molar-refractivity contribution in [1.82, 2.24) is 4.98 Å². The molecule has 0 saturated heterocycles. The van der Waals surface area contributed by atoms with Crippen molar-refractivity contribution < 1.29 is 19.8 Å². The summed E-state index contributed by atoms with van der Waals surface area (Å²) in [6, 6.07) is 6.89. The van der Waals surface area contributed by atoms with Crippen molar-refractivity contribution in [1.29, 1.82) is 0 Å². The molecule has 110 valence electrons. The Labute approximate surface area is 129 Å². The second-order valence-corrected chi connectivity index (χ2v) is 4.93. The van der Waals surface area contributed by atoms with Crippen LogP contribution in [-0.4, -0.2) is 33.6 Å². The number of H-pyrrole nitrogens is 1. The van der Waals surface area contributed by atoms with Gasteiger partial charge in [0.05, 0.1) is 5.02 Å². The average molecular weight is 329 g/mol. The largest absolute Gasteiger partial charge is 0.508 e. The van der Waals surface area contributed by atoms with Crippen LogP contribution in [0.1, 0.15) is 10.5 Å². The van der Waals surface area contributed by atoms with Crippen LogP contribution in [0, 0.1) is 0 Å². The monoisotopic (exact) mass is 328 g/mol. The fraction of sp³-hybridized carbons (Fsp3) is 0.0769. The van der Waals surface area contributed by atoms with Crippen LogP contribution in [0.2, 0.25) is 10.2 Å². The van der Waals surface area contributed by atoms with Crippen molar-refractivity contribution in [3.05, 3.63) is 46.2 Å². The van der Waals surface area contributed by atoms with Crippen LogP contribution in [0.25, 0.3) is 0 Å². The van der Waals surface area contributed by atoms with Gasteiger partial charge < -0.3 is 15.2 Å². The maximum atomic E-state index is 12.4. The first kappa shape index (κ1) is 15.2. The summed E-state index contributed by atoms with van der Waals surface area (Å²) in [7, 11) is 0. The lowest BCUT2D eigenvalue weighted by molar-refractivity contribution is -0.135. The van der Waals surface area contributed by atoms with Gasteiger partial charge in [-0.3, -0.25) is 14.5 Å². The third-order valence-electron chi connectivity index (χ3n) is 2.66. The number of aliphatic carboxylic acids is 1. The molecule has 1 aromatic carbocycles. The minimum atomic E-state index is -1.18. The van der Waals surface area contributed by atoms with E-state index in [0.717, 1.165) is 4.90 Å². The number of phenols is 1. The average Bonchev–Trinajstić information content (AvgIpc) is 2.76. The number of nitrogens with zero attached hydrogens (tertiary/aromatic N) is 1. The quantitative estimate of drug-likeness (QED) is 0.804. The lowest BCUT2D eigenvalue weighted by Crippen LogP contribution is -2.35. The van der Waals surface area contributed by atoms with E-state index in [-0.39, 0.29) is 21.6 Å². The number of aromatic nitrogens is 1. The number of halogens is 2. The highest BCUT2D eigenvalue weighted by Crippen LogP contribution is 2.25. The molecule has 0 radical (unpaired) electrons. The topological polar surface area (TPSA) is 93.6 Å². The zero-order valence-corrected chi connectivity index (χ0v) is 12.0. The molecular formula is C13H10Cl2N2O4. The Morgan fingerprint density at radius 3 is 2.29 bits per heavy atom. The van der Waals surface area contributed by atoms with Gasteiger partial charge in [-0.05, 0) is 30.3 Å². The number of aromatic hydroxyl groups is 1. The van der Waals surface area contributed by atoms with E-state index in [9.17, 15) is 14.7 Å². The van der Waals surface area contributed by atoms with Gasteiger partial charge in [0.15, 0.2) is 0 Å². The minimum Gasteiger partial charge on any atom is -0.508 e. The van der Waals surface area contributed by atoms with Crippen molar-refractivity contribution in [3.63, 3.8) is 0 Å². The zero-order chi connectivity index (χ0) is 15.6. The molecule has 8 heteroatoms. The lowest BCUT2D eigenvalue weighted by atomic mass is 10.2. The molecule has 0 aliphatic heterocycles. The normalized spacial score (nSPS) is 10.4. The third kappa shape index (κ3) is 3.48. The molecule has 0 aliphatic carbocycles. The molecule has 6 nitrogen and oxygen atoms in total. The number of nitrogens with one attached hydrogen (secondary N) is 1. The van der Waals surface area contributed by atoms with E-state index in [2.05, 4.69) is 4.98 Å². The molecule has 1 amide bonds. The van der Waals surface area contributed by atoms with Crippen molar-refractivity contribution in [2.24, 2.45) is 0 Å². The van der Waals surface area contributed by atoms with Crippen molar-refractivity contribution >= 4 is 40.8 Å². The molecule has 1 aromatic heterocycles. The maximum absolute atomic E-state index is 12.4. The molecule has 0 saturated carbocycles. The van der Waals surface area contributed by atoms with Gasteiger partial charge >= 0.3 is 5.97 Å². The first-order chi connectivity index (χ1) is 9.88. The molecule has 0 spiro atoms. The zero-order valence-electron chi connectivity index (χ0n) is 10.5. The number of carbonyl (C=O) groups excluding carboxylic acids is 1. The third-order valence-corrected chi connectivity index (χ3v) is 3.35. The van der Waals surface area contributed by atoms with Crippen molar-refractivity contribution in [3.8, 4) is 5.75 Å².